The molecule has 0 unspecified atom stereocenters. The molecule has 3 aromatic rings. The van der Waals surface area contributed by atoms with Crippen molar-refractivity contribution in [2.24, 2.45) is 12.0 Å². The second-order valence-corrected chi connectivity index (χ2v) is 7.27. The van der Waals surface area contributed by atoms with Crippen molar-refractivity contribution in [3.8, 4) is 0 Å². The number of aryl methyl sites for hydroxylation is 3. The van der Waals surface area contributed by atoms with Crippen LogP contribution in [-0.4, -0.2) is 21.6 Å². The van der Waals surface area contributed by atoms with Gasteiger partial charge >= 0.3 is 0 Å². The molecule has 0 bridgehead atoms. The van der Waals surface area contributed by atoms with E-state index in [1.165, 1.54) is 0 Å². The predicted molar refractivity (Wildman–Crippen MR) is 118 cm³/mol. The van der Waals surface area contributed by atoms with Gasteiger partial charge in [-0.05, 0) is 50.6 Å². The summed E-state index contributed by atoms with van der Waals surface area (Å²) < 4.78 is 1.83. The van der Waals surface area contributed by atoms with Crippen molar-refractivity contribution in [1.82, 2.24) is 15.1 Å². The van der Waals surface area contributed by atoms with E-state index in [0.29, 0.717) is 23.1 Å². The van der Waals surface area contributed by atoms with E-state index in [4.69, 9.17) is 11.6 Å². The number of halogens is 1. The molecule has 2 aromatic carbocycles. The molecule has 0 saturated carbocycles. The summed E-state index contributed by atoms with van der Waals surface area (Å²) in [6.45, 7) is 6.35. The number of aromatic nitrogens is 2. The summed E-state index contributed by atoms with van der Waals surface area (Å²) in [6.07, 6.45) is 0. The Bertz CT molecular complexity index is 1070. The Morgan fingerprint density at radius 2 is 1.90 bits per heavy atom. The molecule has 0 atom stereocenters. The Morgan fingerprint density at radius 1 is 1.14 bits per heavy atom. The molecule has 150 valence electrons. The third kappa shape index (κ3) is 5.03. The minimum absolute atomic E-state index is 0.325. The van der Waals surface area contributed by atoms with Gasteiger partial charge in [0.05, 0.1) is 22.8 Å². The molecule has 7 heteroatoms. The van der Waals surface area contributed by atoms with Gasteiger partial charge in [0.25, 0.3) is 5.91 Å². The third-order valence-corrected chi connectivity index (χ3v) is 5.01. The first-order valence-corrected chi connectivity index (χ1v) is 9.66. The number of nitrogens with zero attached hydrogens (tertiary/aromatic N) is 3. The second kappa shape index (κ2) is 8.92. The monoisotopic (exact) mass is 409 g/mol. The number of benzene rings is 2. The van der Waals surface area contributed by atoms with Crippen LogP contribution in [0.5, 0.6) is 0 Å². The van der Waals surface area contributed by atoms with E-state index in [0.717, 1.165) is 28.2 Å². The van der Waals surface area contributed by atoms with Gasteiger partial charge in [0, 0.05) is 24.0 Å². The number of carbonyl (C=O) groups is 1. The summed E-state index contributed by atoms with van der Waals surface area (Å²) in [5, 5.41) is 10.9. The predicted octanol–water partition coefficient (Wildman–Crippen LogP) is 4.40. The zero-order valence-electron chi connectivity index (χ0n) is 17.0. The standard InChI is InChI=1S/C22H24ClN5O/c1-14-8-7-9-17(12-14)25-22(24-13-19-15(2)27-28(4)16(19)3)26-21(29)18-10-5-6-11-20(18)23/h5-12H,13H2,1-4H3,(H2,24,25,26,29). The van der Waals surface area contributed by atoms with Crippen molar-refractivity contribution in [2.45, 2.75) is 27.3 Å². The number of nitrogens with one attached hydrogen (secondary N) is 2. The molecule has 0 aliphatic heterocycles. The maximum Gasteiger partial charge on any atom is 0.259 e. The second-order valence-electron chi connectivity index (χ2n) is 6.87. The van der Waals surface area contributed by atoms with Crippen molar-refractivity contribution < 1.29 is 4.79 Å². The number of hydrogen-bond acceptors (Lipinski definition) is 3. The van der Waals surface area contributed by atoms with Gasteiger partial charge in [0.2, 0.25) is 5.96 Å². The minimum Gasteiger partial charge on any atom is -0.326 e. The van der Waals surface area contributed by atoms with Crippen LogP contribution >= 0.6 is 11.6 Å². The fraction of sp³-hybridized carbons (Fsp3) is 0.227. The molecular weight excluding hydrogens is 386 g/mol. The molecule has 0 radical (unpaired) electrons. The molecular formula is C22H24ClN5O. The first-order valence-electron chi connectivity index (χ1n) is 9.28. The molecule has 3 rings (SSSR count). The highest BCUT2D eigenvalue weighted by atomic mass is 35.5. The molecule has 29 heavy (non-hydrogen) atoms. The topological polar surface area (TPSA) is 71.3 Å². The lowest BCUT2D eigenvalue weighted by Gasteiger charge is -2.13. The van der Waals surface area contributed by atoms with E-state index in [1.807, 2.05) is 56.8 Å². The first-order chi connectivity index (χ1) is 13.8. The van der Waals surface area contributed by atoms with Crippen LogP contribution in [0.2, 0.25) is 5.02 Å². The lowest BCUT2D eigenvalue weighted by Crippen LogP contribution is -2.36. The van der Waals surface area contributed by atoms with Crippen molar-refractivity contribution in [2.75, 3.05) is 5.32 Å². The van der Waals surface area contributed by atoms with Gasteiger partial charge in [0.15, 0.2) is 0 Å². The molecule has 0 aliphatic rings. The molecule has 1 amide bonds. The van der Waals surface area contributed by atoms with Crippen molar-refractivity contribution >= 4 is 29.2 Å². The molecule has 2 N–H and O–H groups in total. The van der Waals surface area contributed by atoms with Crippen LogP contribution in [0.15, 0.2) is 53.5 Å². The Labute approximate surface area is 175 Å². The largest absolute Gasteiger partial charge is 0.326 e. The molecule has 1 aromatic heterocycles. The highest BCUT2D eigenvalue weighted by Crippen LogP contribution is 2.16. The highest BCUT2D eigenvalue weighted by molar-refractivity contribution is 6.34. The smallest absolute Gasteiger partial charge is 0.259 e. The lowest BCUT2D eigenvalue weighted by molar-refractivity contribution is 0.0977. The molecule has 0 aliphatic carbocycles. The van der Waals surface area contributed by atoms with Crippen LogP contribution in [0.1, 0.15) is 32.9 Å². The number of rotatable bonds is 4. The maximum absolute atomic E-state index is 12.7. The zero-order valence-corrected chi connectivity index (χ0v) is 17.7. The molecule has 0 saturated heterocycles. The van der Waals surface area contributed by atoms with E-state index >= 15 is 0 Å². The fourth-order valence-corrected chi connectivity index (χ4v) is 3.22. The van der Waals surface area contributed by atoms with Crippen molar-refractivity contribution in [3.63, 3.8) is 0 Å². The van der Waals surface area contributed by atoms with Crippen LogP contribution in [0.25, 0.3) is 0 Å². The van der Waals surface area contributed by atoms with Gasteiger partial charge in [-0.2, -0.15) is 5.10 Å². The van der Waals surface area contributed by atoms with Crippen LogP contribution in [0, 0.1) is 20.8 Å². The quantitative estimate of drug-likeness (QED) is 0.495. The highest BCUT2D eigenvalue weighted by Gasteiger charge is 2.14. The SMILES string of the molecule is Cc1cccc(NC(=NCc2c(C)nn(C)c2C)NC(=O)c2ccccc2Cl)c1. The Morgan fingerprint density at radius 3 is 2.55 bits per heavy atom. The lowest BCUT2D eigenvalue weighted by atomic mass is 10.2. The van der Waals surface area contributed by atoms with Crippen molar-refractivity contribution in [3.05, 3.63) is 81.6 Å². The summed E-state index contributed by atoms with van der Waals surface area (Å²) in [6, 6.07) is 14.8. The molecule has 6 nitrogen and oxygen atoms in total. The summed E-state index contributed by atoms with van der Waals surface area (Å²) in [7, 11) is 1.90. The van der Waals surface area contributed by atoms with Gasteiger partial charge in [0.1, 0.15) is 0 Å². The van der Waals surface area contributed by atoms with Crippen LogP contribution in [-0.2, 0) is 13.6 Å². The Balaban J connectivity index is 1.88. The van der Waals surface area contributed by atoms with Gasteiger partial charge in [-0.1, -0.05) is 35.9 Å². The summed E-state index contributed by atoms with van der Waals surface area (Å²) in [5.41, 5.74) is 5.32. The Hall–Kier alpha value is -3.12. The van der Waals surface area contributed by atoms with E-state index < -0.39 is 0 Å². The van der Waals surface area contributed by atoms with Gasteiger partial charge < -0.3 is 5.32 Å². The number of aliphatic imine (C=N–C) groups is 1. The zero-order chi connectivity index (χ0) is 21.0. The fourth-order valence-electron chi connectivity index (χ4n) is 2.99. The number of carbonyl (C=O) groups excluding carboxylic acids is 1. The minimum atomic E-state index is -0.325. The number of guanidine groups is 1. The average Bonchev–Trinajstić information content (AvgIpc) is 2.91. The van der Waals surface area contributed by atoms with E-state index in [1.54, 1.807) is 24.3 Å². The van der Waals surface area contributed by atoms with Crippen molar-refractivity contribution in [1.29, 1.82) is 0 Å². The maximum atomic E-state index is 12.7. The normalized spacial score (nSPS) is 11.4. The van der Waals surface area contributed by atoms with E-state index in [9.17, 15) is 4.79 Å². The van der Waals surface area contributed by atoms with E-state index in [-0.39, 0.29) is 5.91 Å². The average molecular weight is 410 g/mol. The summed E-state index contributed by atoms with van der Waals surface area (Å²) >= 11 is 6.17. The van der Waals surface area contributed by atoms with Gasteiger partial charge in [-0.25, -0.2) is 4.99 Å². The third-order valence-electron chi connectivity index (χ3n) is 4.69. The van der Waals surface area contributed by atoms with Gasteiger partial charge in [-0.3, -0.25) is 14.8 Å². The van der Waals surface area contributed by atoms with Crippen LogP contribution in [0.4, 0.5) is 5.69 Å². The Kier molecular flexibility index (Phi) is 6.34. The summed E-state index contributed by atoms with van der Waals surface area (Å²) in [4.78, 5) is 17.4. The van der Waals surface area contributed by atoms with Crippen LogP contribution < -0.4 is 10.6 Å². The van der Waals surface area contributed by atoms with E-state index in [2.05, 4.69) is 20.7 Å². The number of hydrogen-bond donors (Lipinski definition) is 2. The number of anilines is 1. The van der Waals surface area contributed by atoms with Crippen LogP contribution in [0.3, 0.4) is 0 Å². The molecule has 0 spiro atoms. The first kappa shape index (κ1) is 20.6. The molecule has 1 heterocycles. The summed E-state index contributed by atoms with van der Waals surface area (Å²) in [5.74, 6) is 0.0253. The van der Waals surface area contributed by atoms with Gasteiger partial charge in [-0.15, -0.1) is 0 Å². The molecule has 0 fully saturated rings. The number of amides is 1.